The van der Waals surface area contributed by atoms with Crippen LogP contribution in [0.15, 0.2) is 11.1 Å². The van der Waals surface area contributed by atoms with Gasteiger partial charge in [-0.2, -0.15) is 0 Å². The van der Waals surface area contributed by atoms with Crippen molar-refractivity contribution in [3.63, 3.8) is 0 Å². The summed E-state index contributed by atoms with van der Waals surface area (Å²) in [5, 5.41) is 0. The predicted molar refractivity (Wildman–Crippen MR) is 60.9 cm³/mol. The Morgan fingerprint density at radius 2 is 1.12 bits per heavy atom. The van der Waals surface area contributed by atoms with Crippen molar-refractivity contribution in [2.45, 2.75) is 40.5 Å². The molecule has 0 aromatic rings. The van der Waals surface area contributed by atoms with E-state index in [4.69, 9.17) is 9.47 Å². The van der Waals surface area contributed by atoms with Gasteiger partial charge in [0.1, 0.15) is 0 Å². The fourth-order valence-electron chi connectivity index (χ4n) is 0.912. The molecule has 0 aromatic carbocycles. The summed E-state index contributed by atoms with van der Waals surface area (Å²) in [6.07, 6.45) is 1.52. The Kier molecular flexibility index (Phi) is 7.25. The molecular formula is C12H20O4. The highest BCUT2D eigenvalue weighted by Gasteiger charge is 2.15. The van der Waals surface area contributed by atoms with Gasteiger partial charge in [-0.25, -0.2) is 9.59 Å². The number of ether oxygens (including phenoxy) is 2. The van der Waals surface area contributed by atoms with Gasteiger partial charge < -0.3 is 9.47 Å². The summed E-state index contributed by atoms with van der Waals surface area (Å²) >= 11 is 0. The highest BCUT2D eigenvalue weighted by atomic mass is 16.5. The Morgan fingerprint density at radius 3 is 1.38 bits per heavy atom. The average molecular weight is 228 g/mol. The van der Waals surface area contributed by atoms with Crippen molar-refractivity contribution in [2.75, 3.05) is 13.2 Å². The molecule has 16 heavy (non-hydrogen) atoms. The van der Waals surface area contributed by atoms with Crippen LogP contribution in [-0.2, 0) is 19.1 Å². The van der Waals surface area contributed by atoms with Gasteiger partial charge in [0.2, 0.25) is 0 Å². The topological polar surface area (TPSA) is 52.6 Å². The Labute approximate surface area is 96.6 Å². The smallest absolute Gasteiger partial charge is 0.334 e. The summed E-state index contributed by atoms with van der Waals surface area (Å²) < 4.78 is 9.85. The Balaban J connectivity index is 4.43. The minimum Gasteiger partial charge on any atom is -0.462 e. The molecule has 0 aliphatic carbocycles. The lowest BCUT2D eigenvalue weighted by atomic mass is 10.1. The van der Waals surface area contributed by atoms with Crippen LogP contribution in [0.2, 0.25) is 0 Å². The van der Waals surface area contributed by atoms with E-state index in [2.05, 4.69) is 0 Å². The minimum atomic E-state index is -0.451. The first-order chi connectivity index (χ1) is 7.54. The van der Waals surface area contributed by atoms with Crippen LogP contribution in [0.5, 0.6) is 0 Å². The second-order valence-electron chi connectivity index (χ2n) is 3.52. The van der Waals surface area contributed by atoms with Crippen LogP contribution in [0.3, 0.4) is 0 Å². The van der Waals surface area contributed by atoms with Crippen LogP contribution in [0, 0.1) is 0 Å². The number of hydrogen-bond donors (Lipinski definition) is 0. The van der Waals surface area contributed by atoms with Gasteiger partial charge in [-0.1, -0.05) is 13.8 Å². The monoisotopic (exact) mass is 228 g/mol. The van der Waals surface area contributed by atoms with Gasteiger partial charge >= 0.3 is 11.9 Å². The first-order valence-electron chi connectivity index (χ1n) is 5.56. The van der Waals surface area contributed by atoms with Crippen molar-refractivity contribution in [2.24, 2.45) is 0 Å². The van der Waals surface area contributed by atoms with Crippen molar-refractivity contribution in [3.8, 4) is 0 Å². The molecule has 0 bridgehead atoms. The third kappa shape index (κ3) is 4.96. The van der Waals surface area contributed by atoms with E-state index in [0.29, 0.717) is 24.4 Å². The lowest BCUT2D eigenvalue weighted by molar-refractivity contribution is -0.142. The molecule has 92 valence electrons. The first kappa shape index (κ1) is 14.7. The zero-order valence-electron chi connectivity index (χ0n) is 10.5. The first-order valence-corrected chi connectivity index (χ1v) is 5.56. The lowest BCUT2D eigenvalue weighted by Gasteiger charge is -2.07. The molecule has 0 heterocycles. The number of carbonyl (C=O) groups excluding carboxylic acids is 2. The summed E-state index contributed by atoms with van der Waals surface area (Å²) in [6.45, 7) is 7.70. The maximum Gasteiger partial charge on any atom is 0.334 e. The number of carbonyl (C=O) groups is 2. The Morgan fingerprint density at radius 1 is 0.812 bits per heavy atom. The van der Waals surface area contributed by atoms with Gasteiger partial charge in [-0.15, -0.1) is 0 Å². The SMILES string of the molecule is CCCOC(=O)C(C)=C(C)C(=O)OCCC. The normalized spacial score (nSPS) is 11.8. The maximum atomic E-state index is 11.4. The molecule has 0 atom stereocenters. The summed E-state index contributed by atoms with van der Waals surface area (Å²) in [6, 6.07) is 0. The van der Waals surface area contributed by atoms with E-state index >= 15 is 0 Å². The van der Waals surface area contributed by atoms with Crippen LogP contribution >= 0.6 is 0 Å². The standard InChI is InChI=1S/C12H20O4/c1-5-7-15-11(13)9(3)10(4)12(14)16-8-6-2/h5-8H2,1-4H3. The molecule has 0 N–H and O–H groups in total. The summed E-state index contributed by atoms with van der Waals surface area (Å²) in [7, 11) is 0. The van der Waals surface area contributed by atoms with E-state index in [-0.39, 0.29) is 0 Å². The minimum absolute atomic E-state index is 0.314. The second kappa shape index (κ2) is 7.91. The molecule has 0 saturated heterocycles. The molecule has 4 heteroatoms. The van der Waals surface area contributed by atoms with Crippen LogP contribution in [0.1, 0.15) is 40.5 Å². The number of hydrogen-bond acceptors (Lipinski definition) is 4. The molecular weight excluding hydrogens is 208 g/mol. The Bertz CT molecular complexity index is 251. The van der Waals surface area contributed by atoms with Crippen molar-refractivity contribution < 1.29 is 19.1 Å². The van der Waals surface area contributed by atoms with Gasteiger partial charge in [0.05, 0.1) is 13.2 Å². The fraction of sp³-hybridized carbons (Fsp3) is 0.667. The molecule has 4 nitrogen and oxygen atoms in total. The van der Waals surface area contributed by atoms with E-state index < -0.39 is 11.9 Å². The molecule has 0 unspecified atom stereocenters. The van der Waals surface area contributed by atoms with E-state index in [1.54, 1.807) is 13.8 Å². The third-order valence-corrected chi connectivity index (χ3v) is 2.05. The molecule has 0 aromatic heterocycles. The molecule has 0 amide bonds. The van der Waals surface area contributed by atoms with Gasteiger partial charge in [-0.05, 0) is 26.7 Å². The predicted octanol–water partition coefficient (Wildman–Crippen LogP) is 2.23. The molecule has 0 fully saturated rings. The number of esters is 2. The zero-order valence-corrected chi connectivity index (χ0v) is 10.5. The van der Waals surface area contributed by atoms with Gasteiger partial charge in [-0.3, -0.25) is 0 Å². The van der Waals surface area contributed by atoms with E-state index in [0.717, 1.165) is 12.8 Å². The second-order valence-corrected chi connectivity index (χ2v) is 3.52. The molecule has 0 radical (unpaired) electrons. The van der Waals surface area contributed by atoms with Gasteiger partial charge in [0.25, 0.3) is 0 Å². The summed E-state index contributed by atoms with van der Waals surface area (Å²) in [5.74, 6) is -0.902. The van der Waals surface area contributed by atoms with Crippen molar-refractivity contribution in [1.82, 2.24) is 0 Å². The third-order valence-electron chi connectivity index (χ3n) is 2.05. The van der Waals surface area contributed by atoms with Crippen molar-refractivity contribution >= 4 is 11.9 Å². The quantitative estimate of drug-likeness (QED) is 0.516. The fourth-order valence-corrected chi connectivity index (χ4v) is 0.912. The lowest BCUT2D eigenvalue weighted by Crippen LogP contribution is -2.14. The average Bonchev–Trinajstić information content (AvgIpc) is 2.30. The maximum absolute atomic E-state index is 11.4. The van der Waals surface area contributed by atoms with Crippen molar-refractivity contribution in [1.29, 1.82) is 0 Å². The Hall–Kier alpha value is -1.32. The van der Waals surface area contributed by atoms with Crippen LogP contribution in [-0.4, -0.2) is 25.2 Å². The van der Waals surface area contributed by atoms with Gasteiger partial charge in [0.15, 0.2) is 0 Å². The van der Waals surface area contributed by atoms with Crippen LogP contribution in [0.25, 0.3) is 0 Å². The highest BCUT2D eigenvalue weighted by Crippen LogP contribution is 2.08. The molecule has 0 spiro atoms. The summed E-state index contributed by atoms with van der Waals surface area (Å²) in [5.41, 5.74) is 0.629. The molecule has 0 aliphatic rings. The summed E-state index contributed by atoms with van der Waals surface area (Å²) in [4.78, 5) is 22.9. The highest BCUT2D eigenvalue weighted by molar-refractivity contribution is 5.99. The largest absolute Gasteiger partial charge is 0.462 e. The molecule has 0 saturated carbocycles. The van der Waals surface area contributed by atoms with Gasteiger partial charge in [0, 0.05) is 11.1 Å². The number of rotatable bonds is 6. The molecule has 0 aliphatic heterocycles. The van der Waals surface area contributed by atoms with Crippen molar-refractivity contribution in [3.05, 3.63) is 11.1 Å². The van der Waals surface area contributed by atoms with Crippen LogP contribution < -0.4 is 0 Å². The van der Waals surface area contributed by atoms with E-state index in [1.165, 1.54) is 0 Å². The van der Waals surface area contributed by atoms with Crippen LogP contribution in [0.4, 0.5) is 0 Å². The molecule has 0 rings (SSSR count). The van der Waals surface area contributed by atoms with E-state index in [9.17, 15) is 9.59 Å². The zero-order chi connectivity index (χ0) is 12.6. The van der Waals surface area contributed by atoms with E-state index in [1.807, 2.05) is 13.8 Å².